The average Bonchev–Trinajstić information content (AvgIpc) is 2.38. The third kappa shape index (κ3) is 4.14. The van der Waals surface area contributed by atoms with Gasteiger partial charge in [0.25, 0.3) is 0 Å². The second-order valence-electron chi connectivity index (χ2n) is 3.82. The molecule has 0 aliphatic carbocycles. The van der Waals surface area contributed by atoms with Crippen LogP contribution in [0.1, 0.15) is 0 Å². The van der Waals surface area contributed by atoms with Gasteiger partial charge in [0.15, 0.2) is 5.75 Å². The SMILES string of the molecule is Nc1cc(F)cc(Br)c1OCCSc1ccccc1. The van der Waals surface area contributed by atoms with Crippen LogP contribution in [0.15, 0.2) is 51.8 Å². The number of nitrogen functional groups attached to an aromatic ring is 1. The minimum atomic E-state index is -0.379. The second-order valence-corrected chi connectivity index (χ2v) is 5.84. The largest absolute Gasteiger partial charge is 0.489 e. The van der Waals surface area contributed by atoms with Gasteiger partial charge in [-0.15, -0.1) is 11.8 Å². The topological polar surface area (TPSA) is 35.2 Å². The van der Waals surface area contributed by atoms with E-state index in [1.54, 1.807) is 11.8 Å². The van der Waals surface area contributed by atoms with Crippen LogP contribution in [-0.4, -0.2) is 12.4 Å². The van der Waals surface area contributed by atoms with Gasteiger partial charge in [0.05, 0.1) is 16.8 Å². The molecule has 0 heterocycles. The van der Waals surface area contributed by atoms with Gasteiger partial charge in [0.2, 0.25) is 0 Å². The first kappa shape index (κ1) is 14.2. The molecule has 0 aromatic heterocycles. The number of rotatable bonds is 5. The Kier molecular flexibility index (Phi) is 5.10. The molecule has 5 heteroatoms. The summed E-state index contributed by atoms with van der Waals surface area (Å²) in [5.41, 5.74) is 6.02. The molecule has 19 heavy (non-hydrogen) atoms. The summed E-state index contributed by atoms with van der Waals surface area (Å²) in [7, 11) is 0. The van der Waals surface area contributed by atoms with E-state index in [-0.39, 0.29) is 5.82 Å². The molecule has 0 radical (unpaired) electrons. The van der Waals surface area contributed by atoms with Gasteiger partial charge in [-0.1, -0.05) is 18.2 Å². The smallest absolute Gasteiger partial charge is 0.156 e. The highest BCUT2D eigenvalue weighted by atomic mass is 79.9. The Balaban J connectivity index is 1.86. The van der Waals surface area contributed by atoms with Gasteiger partial charge in [-0.25, -0.2) is 4.39 Å². The first-order chi connectivity index (χ1) is 9.16. The highest BCUT2D eigenvalue weighted by molar-refractivity contribution is 9.10. The van der Waals surface area contributed by atoms with Crippen molar-refractivity contribution in [3.63, 3.8) is 0 Å². The Morgan fingerprint density at radius 3 is 2.63 bits per heavy atom. The Labute approximate surface area is 124 Å². The van der Waals surface area contributed by atoms with Gasteiger partial charge in [-0.05, 0) is 34.1 Å². The van der Waals surface area contributed by atoms with E-state index in [0.29, 0.717) is 22.5 Å². The maximum absolute atomic E-state index is 13.0. The van der Waals surface area contributed by atoms with E-state index in [0.717, 1.165) is 5.75 Å². The van der Waals surface area contributed by atoms with E-state index in [2.05, 4.69) is 15.9 Å². The zero-order valence-corrected chi connectivity index (χ0v) is 12.5. The molecule has 0 saturated heterocycles. The van der Waals surface area contributed by atoms with Crippen LogP contribution in [0.4, 0.5) is 10.1 Å². The number of benzene rings is 2. The Hall–Kier alpha value is -1.20. The number of nitrogens with two attached hydrogens (primary N) is 1. The van der Waals surface area contributed by atoms with Crippen LogP contribution in [0.5, 0.6) is 5.75 Å². The van der Waals surface area contributed by atoms with Crippen molar-refractivity contribution in [2.24, 2.45) is 0 Å². The Bertz CT molecular complexity index is 527. The molecule has 0 saturated carbocycles. The number of hydrogen-bond donors (Lipinski definition) is 1. The van der Waals surface area contributed by atoms with Crippen molar-refractivity contribution >= 4 is 33.4 Å². The molecule has 2 aromatic carbocycles. The lowest BCUT2D eigenvalue weighted by Crippen LogP contribution is -2.03. The van der Waals surface area contributed by atoms with Crippen LogP contribution < -0.4 is 10.5 Å². The normalized spacial score (nSPS) is 10.4. The van der Waals surface area contributed by atoms with Gasteiger partial charge < -0.3 is 10.5 Å². The van der Waals surface area contributed by atoms with Crippen LogP contribution in [0.25, 0.3) is 0 Å². The van der Waals surface area contributed by atoms with Crippen molar-refractivity contribution in [3.05, 3.63) is 52.8 Å². The summed E-state index contributed by atoms with van der Waals surface area (Å²) in [6, 6.07) is 12.7. The number of hydrogen-bond acceptors (Lipinski definition) is 3. The summed E-state index contributed by atoms with van der Waals surface area (Å²) < 4.78 is 19.2. The number of thioether (sulfide) groups is 1. The predicted octanol–water partition coefficient (Wildman–Crippen LogP) is 4.34. The molecule has 2 rings (SSSR count). The molecule has 0 amide bonds. The molecule has 100 valence electrons. The quantitative estimate of drug-likeness (QED) is 0.499. The minimum absolute atomic E-state index is 0.302. The van der Waals surface area contributed by atoms with Crippen LogP contribution in [0, 0.1) is 5.82 Å². The van der Waals surface area contributed by atoms with E-state index >= 15 is 0 Å². The highest BCUT2D eigenvalue weighted by Crippen LogP contribution is 2.32. The highest BCUT2D eigenvalue weighted by Gasteiger charge is 2.08. The summed E-state index contributed by atoms with van der Waals surface area (Å²) >= 11 is 4.94. The zero-order valence-electron chi connectivity index (χ0n) is 10.1. The summed E-state index contributed by atoms with van der Waals surface area (Å²) in [4.78, 5) is 1.19. The van der Waals surface area contributed by atoms with Gasteiger partial charge in [-0.2, -0.15) is 0 Å². The molecule has 0 fully saturated rings. The van der Waals surface area contributed by atoms with Crippen LogP contribution in [0.3, 0.4) is 0 Å². The third-order valence-electron chi connectivity index (χ3n) is 2.38. The molecule has 2 aromatic rings. The molecular formula is C14H13BrFNOS. The van der Waals surface area contributed by atoms with Crippen LogP contribution in [0.2, 0.25) is 0 Å². The van der Waals surface area contributed by atoms with Gasteiger partial charge in [0.1, 0.15) is 5.82 Å². The van der Waals surface area contributed by atoms with Crippen molar-refractivity contribution in [2.75, 3.05) is 18.1 Å². The monoisotopic (exact) mass is 341 g/mol. The summed E-state index contributed by atoms with van der Waals surface area (Å²) in [5, 5.41) is 0. The molecule has 0 spiro atoms. The fourth-order valence-corrected chi connectivity index (χ4v) is 2.87. The van der Waals surface area contributed by atoms with E-state index < -0.39 is 0 Å². The van der Waals surface area contributed by atoms with Crippen LogP contribution >= 0.6 is 27.7 Å². The predicted molar refractivity (Wildman–Crippen MR) is 81.2 cm³/mol. The van der Waals surface area contributed by atoms with Crippen molar-refractivity contribution in [2.45, 2.75) is 4.90 Å². The van der Waals surface area contributed by atoms with Crippen molar-refractivity contribution in [1.29, 1.82) is 0 Å². The number of anilines is 1. The van der Waals surface area contributed by atoms with E-state index in [9.17, 15) is 4.39 Å². The fraction of sp³-hybridized carbons (Fsp3) is 0.143. The summed E-state index contributed by atoms with van der Waals surface area (Å²) in [6.07, 6.45) is 0. The molecule has 2 N–H and O–H groups in total. The van der Waals surface area contributed by atoms with E-state index in [4.69, 9.17) is 10.5 Å². The van der Waals surface area contributed by atoms with Gasteiger partial charge in [0, 0.05) is 16.7 Å². The lowest BCUT2D eigenvalue weighted by atomic mass is 10.3. The lowest BCUT2D eigenvalue weighted by molar-refractivity contribution is 0.343. The molecule has 0 bridgehead atoms. The molecule has 0 unspecified atom stereocenters. The second kappa shape index (κ2) is 6.82. The van der Waals surface area contributed by atoms with Gasteiger partial charge >= 0.3 is 0 Å². The summed E-state index contributed by atoms with van der Waals surface area (Å²) in [6.45, 7) is 0.508. The Morgan fingerprint density at radius 1 is 1.21 bits per heavy atom. The standard InChI is InChI=1S/C14H13BrFNOS/c15-12-8-10(16)9-13(17)14(12)18-6-7-19-11-4-2-1-3-5-11/h1-5,8-9H,6-7,17H2. The Morgan fingerprint density at radius 2 is 1.95 bits per heavy atom. The van der Waals surface area contributed by atoms with Crippen molar-refractivity contribution in [1.82, 2.24) is 0 Å². The van der Waals surface area contributed by atoms with Gasteiger partial charge in [-0.3, -0.25) is 0 Å². The molecule has 0 aliphatic heterocycles. The first-order valence-corrected chi connectivity index (χ1v) is 7.50. The lowest BCUT2D eigenvalue weighted by Gasteiger charge is -2.10. The number of ether oxygens (including phenoxy) is 1. The maximum Gasteiger partial charge on any atom is 0.156 e. The first-order valence-electron chi connectivity index (χ1n) is 5.72. The molecule has 0 aliphatic rings. The zero-order chi connectivity index (χ0) is 13.7. The fourth-order valence-electron chi connectivity index (χ4n) is 1.55. The number of halogens is 2. The molecule has 0 atom stereocenters. The molecular weight excluding hydrogens is 329 g/mol. The average molecular weight is 342 g/mol. The van der Waals surface area contributed by atoms with E-state index in [1.807, 2.05) is 30.3 Å². The van der Waals surface area contributed by atoms with Crippen molar-refractivity contribution in [3.8, 4) is 5.75 Å². The van der Waals surface area contributed by atoms with Crippen molar-refractivity contribution < 1.29 is 9.13 Å². The van der Waals surface area contributed by atoms with E-state index in [1.165, 1.54) is 17.0 Å². The summed E-state index contributed by atoms with van der Waals surface area (Å²) in [5.74, 6) is 0.915. The van der Waals surface area contributed by atoms with Crippen LogP contribution in [-0.2, 0) is 0 Å². The maximum atomic E-state index is 13.0. The third-order valence-corrected chi connectivity index (χ3v) is 3.94. The minimum Gasteiger partial charge on any atom is -0.489 e. The molecule has 2 nitrogen and oxygen atoms in total.